The van der Waals surface area contributed by atoms with E-state index in [0.717, 1.165) is 11.0 Å². The molecule has 0 fully saturated rings. The summed E-state index contributed by atoms with van der Waals surface area (Å²) in [6, 6.07) is 6.24. The highest BCUT2D eigenvalue weighted by atomic mass is 79.9. The van der Waals surface area contributed by atoms with Gasteiger partial charge in [0.15, 0.2) is 0 Å². The van der Waals surface area contributed by atoms with Crippen LogP contribution in [0.4, 0.5) is 0 Å². The molecule has 94 valence electrons. The molecule has 0 amide bonds. The van der Waals surface area contributed by atoms with E-state index in [-0.39, 0.29) is 5.97 Å². The van der Waals surface area contributed by atoms with Gasteiger partial charge in [0.25, 0.3) is 0 Å². The zero-order valence-electron chi connectivity index (χ0n) is 10.3. The van der Waals surface area contributed by atoms with Crippen molar-refractivity contribution in [2.24, 2.45) is 0 Å². The number of ether oxygens (including phenoxy) is 1. The second-order valence-corrected chi connectivity index (χ2v) is 4.68. The molecule has 0 aromatic heterocycles. The molecular formula is C13H18BrNO2. The Hall–Kier alpha value is -0.870. The number of halogens is 1. The molecule has 1 N–H and O–H groups in total. The predicted molar refractivity (Wildman–Crippen MR) is 71.8 cm³/mol. The summed E-state index contributed by atoms with van der Waals surface area (Å²) in [5.41, 5.74) is 2.42. The van der Waals surface area contributed by atoms with Crippen molar-refractivity contribution >= 4 is 21.9 Å². The number of benzene rings is 1. The van der Waals surface area contributed by atoms with Crippen molar-refractivity contribution < 1.29 is 9.53 Å². The fourth-order valence-electron chi connectivity index (χ4n) is 1.44. The highest BCUT2D eigenvalue weighted by Gasteiger charge is 2.02. The summed E-state index contributed by atoms with van der Waals surface area (Å²) in [6.45, 7) is 5.71. The maximum absolute atomic E-state index is 11.1. The first-order chi connectivity index (χ1) is 8.13. The van der Waals surface area contributed by atoms with Gasteiger partial charge >= 0.3 is 5.97 Å². The SMILES string of the molecule is CCOC(=O)CCNCc1ccc(C)cc1Br. The molecule has 1 aromatic carbocycles. The van der Waals surface area contributed by atoms with Gasteiger partial charge in [-0.15, -0.1) is 0 Å². The van der Waals surface area contributed by atoms with Gasteiger partial charge in [-0.2, -0.15) is 0 Å². The highest BCUT2D eigenvalue weighted by molar-refractivity contribution is 9.10. The van der Waals surface area contributed by atoms with E-state index >= 15 is 0 Å². The van der Waals surface area contributed by atoms with Crippen LogP contribution in [0.1, 0.15) is 24.5 Å². The largest absolute Gasteiger partial charge is 0.466 e. The van der Waals surface area contributed by atoms with Crippen molar-refractivity contribution in [3.05, 3.63) is 33.8 Å². The van der Waals surface area contributed by atoms with E-state index in [2.05, 4.69) is 46.4 Å². The third-order valence-corrected chi connectivity index (χ3v) is 3.07. The molecule has 0 aliphatic heterocycles. The number of hydrogen-bond donors (Lipinski definition) is 1. The van der Waals surface area contributed by atoms with Crippen LogP contribution >= 0.6 is 15.9 Å². The van der Waals surface area contributed by atoms with Crippen LogP contribution in [0.15, 0.2) is 22.7 Å². The molecular weight excluding hydrogens is 282 g/mol. The second-order valence-electron chi connectivity index (χ2n) is 3.83. The quantitative estimate of drug-likeness (QED) is 0.648. The summed E-state index contributed by atoms with van der Waals surface area (Å²) in [4.78, 5) is 11.1. The van der Waals surface area contributed by atoms with Crippen LogP contribution in [0.25, 0.3) is 0 Å². The van der Waals surface area contributed by atoms with Crippen molar-refractivity contribution in [1.82, 2.24) is 5.32 Å². The van der Waals surface area contributed by atoms with Crippen LogP contribution in [0.3, 0.4) is 0 Å². The van der Waals surface area contributed by atoms with Gasteiger partial charge in [0.2, 0.25) is 0 Å². The number of rotatable bonds is 6. The average Bonchev–Trinajstić information content (AvgIpc) is 2.27. The number of esters is 1. The van der Waals surface area contributed by atoms with Gasteiger partial charge < -0.3 is 10.1 Å². The Morgan fingerprint density at radius 3 is 2.88 bits per heavy atom. The number of hydrogen-bond acceptors (Lipinski definition) is 3. The molecule has 0 heterocycles. The van der Waals surface area contributed by atoms with Crippen molar-refractivity contribution in [3.63, 3.8) is 0 Å². The zero-order valence-corrected chi connectivity index (χ0v) is 11.8. The summed E-state index contributed by atoms with van der Waals surface area (Å²) in [6.07, 6.45) is 0.414. The second kappa shape index (κ2) is 7.45. The lowest BCUT2D eigenvalue weighted by atomic mass is 10.1. The van der Waals surface area contributed by atoms with Crippen LogP contribution in [-0.2, 0) is 16.1 Å². The van der Waals surface area contributed by atoms with Crippen molar-refractivity contribution in [1.29, 1.82) is 0 Å². The van der Waals surface area contributed by atoms with E-state index in [1.54, 1.807) is 0 Å². The Bertz CT molecular complexity index is 380. The van der Waals surface area contributed by atoms with Crippen LogP contribution in [-0.4, -0.2) is 19.1 Å². The number of carbonyl (C=O) groups excluding carboxylic acids is 1. The third kappa shape index (κ3) is 5.33. The Labute approximate surface area is 111 Å². The van der Waals surface area contributed by atoms with E-state index in [0.29, 0.717) is 19.6 Å². The molecule has 0 spiro atoms. The molecule has 0 aliphatic carbocycles. The molecule has 1 aromatic rings. The first-order valence-corrected chi connectivity index (χ1v) is 6.54. The lowest BCUT2D eigenvalue weighted by molar-refractivity contribution is -0.142. The molecule has 0 saturated heterocycles. The maximum atomic E-state index is 11.1. The molecule has 0 bridgehead atoms. The standard InChI is InChI=1S/C13H18BrNO2/c1-3-17-13(16)6-7-15-9-11-5-4-10(2)8-12(11)14/h4-5,8,15H,3,6-7,9H2,1-2H3. The molecule has 0 saturated carbocycles. The molecule has 0 aliphatic rings. The fraction of sp³-hybridized carbons (Fsp3) is 0.462. The van der Waals surface area contributed by atoms with Gasteiger partial charge in [-0.3, -0.25) is 4.79 Å². The van der Waals surface area contributed by atoms with Gasteiger partial charge in [0, 0.05) is 17.6 Å². The molecule has 4 heteroatoms. The normalized spacial score (nSPS) is 10.3. The van der Waals surface area contributed by atoms with Gasteiger partial charge in [0.1, 0.15) is 0 Å². The predicted octanol–water partition coefficient (Wildman–Crippen LogP) is 2.80. The van der Waals surface area contributed by atoms with Crippen LogP contribution in [0.5, 0.6) is 0 Å². The van der Waals surface area contributed by atoms with E-state index in [1.165, 1.54) is 11.1 Å². The highest BCUT2D eigenvalue weighted by Crippen LogP contribution is 2.17. The third-order valence-electron chi connectivity index (χ3n) is 2.34. The summed E-state index contributed by atoms with van der Waals surface area (Å²) < 4.78 is 5.94. The Kier molecular flexibility index (Phi) is 6.22. The fourth-order valence-corrected chi connectivity index (χ4v) is 2.08. The van der Waals surface area contributed by atoms with Crippen LogP contribution < -0.4 is 5.32 Å². The zero-order chi connectivity index (χ0) is 12.7. The van der Waals surface area contributed by atoms with Gasteiger partial charge in [0.05, 0.1) is 13.0 Å². The molecule has 1 rings (SSSR count). The number of carbonyl (C=O) groups is 1. The van der Waals surface area contributed by atoms with Crippen molar-refractivity contribution in [2.45, 2.75) is 26.8 Å². The summed E-state index contributed by atoms with van der Waals surface area (Å²) in [7, 11) is 0. The first kappa shape index (κ1) is 14.2. The van der Waals surface area contributed by atoms with Crippen LogP contribution in [0.2, 0.25) is 0 Å². The minimum Gasteiger partial charge on any atom is -0.466 e. The van der Waals surface area contributed by atoms with Gasteiger partial charge in [-0.25, -0.2) is 0 Å². The number of nitrogens with one attached hydrogen (secondary N) is 1. The van der Waals surface area contributed by atoms with Crippen LogP contribution in [0, 0.1) is 6.92 Å². The Morgan fingerprint density at radius 2 is 2.24 bits per heavy atom. The minimum atomic E-state index is -0.150. The van der Waals surface area contributed by atoms with E-state index in [9.17, 15) is 4.79 Å². The molecule has 3 nitrogen and oxygen atoms in total. The Balaban J connectivity index is 2.29. The molecule has 17 heavy (non-hydrogen) atoms. The van der Waals surface area contributed by atoms with E-state index in [1.807, 2.05) is 6.92 Å². The van der Waals surface area contributed by atoms with Crippen molar-refractivity contribution in [2.75, 3.05) is 13.2 Å². The average molecular weight is 300 g/mol. The van der Waals surface area contributed by atoms with Gasteiger partial charge in [-0.05, 0) is 31.0 Å². The summed E-state index contributed by atoms with van der Waals surface area (Å²) in [5.74, 6) is -0.150. The summed E-state index contributed by atoms with van der Waals surface area (Å²) >= 11 is 3.52. The molecule has 0 radical (unpaired) electrons. The maximum Gasteiger partial charge on any atom is 0.307 e. The van der Waals surface area contributed by atoms with Gasteiger partial charge in [-0.1, -0.05) is 28.1 Å². The molecule has 0 atom stereocenters. The van der Waals surface area contributed by atoms with E-state index < -0.39 is 0 Å². The monoisotopic (exact) mass is 299 g/mol. The smallest absolute Gasteiger partial charge is 0.307 e. The Morgan fingerprint density at radius 1 is 1.47 bits per heavy atom. The lowest BCUT2D eigenvalue weighted by Crippen LogP contribution is -2.19. The summed E-state index contributed by atoms with van der Waals surface area (Å²) in [5, 5.41) is 3.22. The van der Waals surface area contributed by atoms with Crippen molar-refractivity contribution in [3.8, 4) is 0 Å². The van der Waals surface area contributed by atoms with E-state index in [4.69, 9.17) is 4.74 Å². The minimum absolute atomic E-state index is 0.150. The topological polar surface area (TPSA) is 38.3 Å². The molecule has 0 unspecified atom stereocenters. The first-order valence-electron chi connectivity index (χ1n) is 5.75. The lowest BCUT2D eigenvalue weighted by Gasteiger charge is -2.07. The number of aryl methyl sites for hydroxylation is 1.